The maximum atomic E-state index is 5.39. The van der Waals surface area contributed by atoms with Crippen molar-refractivity contribution < 1.29 is 0 Å². The van der Waals surface area contributed by atoms with Crippen LogP contribution >= 0.6 is 0 Å². The maximum absolute atomic E-state index is 5.39. The lowest BCUT2D eigenvalue weighted by atomic mass is 10.3. The summed E-state index contributed by atoms with van der Waals surface area (Å²) in [7, 11) is 1.98. The topological polar surface area (TPSA) is 93.7 Å². The SMILES string of the molecule is CCc1nc(NN)cc(NCCc2nccn2C)n1. The van der Waals surface area contributed by atoms with Gasteiger partial charge < -0.3 is 15.3 Å². The Morgan fingerprint density at radius 1 is 1.32 bits per heavy atom. The first-order valence-corrected chi connectivity index (χ1v) is 6.27. The molecule has 0 aromatic carbocycles. The predicted octanol–water partition coefficient (Wildman–Crippen LogP) is 0.713. The van der Waals surface area contributed by atoms with Crippen molar-refractivity contribution in [2.24, 2.45) is 12.9 Å². The summed E-state index contributed by atoms with van der Waals surface area (Å²) in [5.41, 5.74) is 2.55. The van der Waals surface area contributed by atoms with Crippen LogP contribution in [-0.4, -0.2) is 26.1 Å². The average Bonchev–Trinajstić information content (AvgIpc) is 2.84. The Labute approximate surface area is 112 Å². The molecule has 2 rings (SSSR count). The summed E-state index contributed by atoms with van der Waals surface area (Å²) in [6, 6.07) is 1.79. The number of nitrogens with two attached hydrogens (primary N) is 1. The van der Waals surface area contributed by atoms with E-state index in [0.29, 0.717) is 5.82 Å². The number of anilines is 2. The highest BCUT2D eigenvalue weighted by molar-refractivity contribution is 5.46. The van der Waals surface area contributed by atoms with Crippen LogP contribution < -0.4 is 16.6 Å². The zero-order valence-corrected chi connectivity index (χ0v) is 11.2. The maximum Gasteiger partial charge on any atom is 0.145 e. The van der Waals surface area contributed by atoms with Gasteiger partial charge in [0, 0.05) is 44.9 Å². The average molecular weight is 261 g/mol. The van der Waals surface area contributed by atoms with E-state index in [1.165, 1.54) is 0 Å². The van der Waals surface area contributed by atoms with E-state index in [-0.39, 0.29) is 0 Å². The van der Waals surface area contributed by atoms with Crippen LogP contribution in [0.2, 0.25) is 0 Å². The van der Waals surface area contributed by atoms with Crippen molar-refractivity contribution in [3.63, 3.8) is 0 Å². The van der Waals surface area contributed by atoms with Crippen molar-refractivity contribution in [2.75, 3.05) is 17.3 Å². The highest BCUT2D eigenvalue weighted by Crippen LogP contribution is 2.10. The van der Waals surface area contributed by atoms with E-state index < -0.39 is 0 Å². The number of hydrazine groups is 1. The molecule has 0 unspecified atom stereocenters. The smallest absolute Gasteiger partial charge is 0.145 e. The van der Waals surface area contributed by atoms with Gasteiger partial charge in [-0.1, -0.05) is 6.92 Å². The molecular formula is C12H19N7. The third kappa shape index (κ3) is 3.41. The molecule has 0 aliphatic rings. The van der Waals surface area contributed by atoms with E-state index in [2.05, 4.69) is 25.7 Å². The zero-order valence-electron chi connectivity index (χ0n) is 11.2. The molecule has 102 valence electrons. The van der Waals surface area contributed by atoms with E-state index in [0.717, 1.165) is 36.9 Å². The molecule has 0 fully saturated rings. The van der Waals surface area contributed by atoms with Crippen LogP contribution in [0.3, 0.4) is 0 Å². The van der Waals surface area contributed by atoms with Gasteiger partial charge in [-0.2, -0.15) is 0 Å². The summed E-state index contributed by atoms with van der Waals surface area (Å²) >= 11 is 0. The van der Waals surface area contributed by atoms with Crippen molar-refractivity contribution in [3.05, 3.63) is 30.1 Å². The lowest BCUT2D eigenvalue weighted by Crippen LogP contribution is -2.14. The minimum atomic E-state index is 0.617. The summed E-state index contributed by atoms with van der Waals surface area (Å²) < 4.78 is 2.01. The van der Waals surface area contributed by atoms with Crippen molar-refractivity contribution in [3.8, 4) is 0 Å². The summed E-state index contributed by atoms with van der Waals surface area (Å²) in [4.78, 5) is 12.9. The fourth-order valence-electron chi connectivity index (χ4n) is 1.76. The van der Waals surface area contributed by atoms with Crippen molar-refractivity contribution in [1.29, 1.82) is 0 Å². The van der Waals surface area contributed by atoms with Crippen LogP contribution in [-0.2, 0) is 19.9 Å². The molecule has 0 atom stereocenters. The molecule has 7 nitrogen and oxygen atoms in total. The number of hydrogen-bond acceptors (Lipinski definition) is 6. The van der Waals surface area contributed by atoms with Gasteiger partial charge in [0.25, 0.3) is 0 Å². The minimum absolute atomic E-state index is 0.617. The molecule has 0 amide bonds. The summed E-state index contributed by atoms with van der Waals surface area (Å²) in [5.74, 6) is 8.57. The number of nitrogen functional groups attached to an aromatic ring is 1. The first kappa shape index (κ1) is 13.3. The summed E-state index contributed by atoms with van der Waals surface area (Å²) in [5, 5.41) is 3.26. The second-order valence-electron chi connectivity index (χ2n) is 4.18. The van der Waals surface area contributed by atoms with Crippen LogP contribution in [0.15, 0.2) is 18.5 Å². The monoisotopic (exact) mass is 261 g/mol. The zero-order chi connectivity index (χ0) is 13.7. The van der Waals surface area contributed by atoms with E-state index in [4.69, 9.17) is 5.84 Å². The number of hydrogen-bond donors (Lipinski definition) is 3. The van der Waals surface area contributed by atoms with E-state index in [1.54, 1.807) is 12.3 Å². The summed E-state index contributed by atoms with van der Waals surface area (Å²) in [6.45, 7) is 2.77. The van der Waals surface area contributed by atoms with Crippen molar-refractivity contribution in [1.82, 2.24) is 19.5 Å². The van der Waals surface area contributed by atoms with Gasteiger partial charge >= 0.3 is 0 Å². The molecule has 0 spiro atoms. The van der Waals surface area contributed by atoms with Gasteiger partial charge in [0.15, 0.2) is 0 Å². The van der Waals surface area contributed by atoms with Gasteiger partial charge in [-0.15, -0.1) is 0 Å². The normalized spacial score (nSPS) is 10.5. The second-order valence-corrected chi connectivity index (χ2v) is 4.18. The lowest BCUT2D eigenvalue weighted by molar-refractivity contribution is 0.787. The van der Waals surface area contributed by atoms with Crippen LogP contribution in [0.5, 0.6) is 0 Å². The van der Waals surface area contributed by atoms with Crippen molar-refractivity contribution >= 4 is 11.6 Å². The Morgan fingerprint density at radius 3 is 2.74 bits per heavy atom. The Bertz CT molecular complexity index is 512. The first-order chi connectivity index (χ1) is 9.22. The van der Waals surface area contributed by atoms with Gasteiger partial charge in [0.2, 0.25) is 0 Å². The molecule has 0 aliphatic heterocycles. The van der Waals surface area contributed by atoms with E-state index >= 15 is 0 Å². The highest BCUT2D eigenvalue weighted by atomic mass is 15.3. The summed E-state index contributed by atoms with van der Waals surface area (Å²) in [6.07, 6.45) is 5.33. The fraction of sp³-hybridized carbons (Fsp3) is 0.417. The lowest BCUT2D eigenvalue weighted by Gasteiger charge is -2.09. The quantitative estimate of drug-likeness (QED) is 0.524. The Hall–Kier alpha value is -2.15. The van der Waals surface area contributed by atoms with Gasteiger partial charge in [-0.05, 0) is 0 Å². The van der Waals surface area contributed by atoms with E-state index in [1.807, 2.05) is 24.7 Å². The molecule has 2 aromatic heterocycles. The second kappa shape index (κ2) is 6.14. The molecule has 0 saturated carbocycles. The standard InChI is InChI=1S/C12H19N7/c1-3-9-16-10(8-11(17-9)18-13)14-5-4-12-15-6-7-19(12)2/h6-8H,3-5,13H2,1-2H3,(H2,14,16,17,18). The molecule has 0 bridgehead atoms. The fourth-order valence-corrected chi connectivity index (χ4v) is 1.76. The minimum Gasteiger partial charge on any atom is -0.369 e. The number of nitrogens with one attached hydrogen (secondary N) is 2. The molecular weight excluding hydrogens is 242 g/mol. The van der Waals surface area contributed by atoms with Gasteiger partial charge in [0.1, 0.15) is 23.3 Å². The number of aromatic nitrogens is 4. The highest BCUT2D eigenvalue weighted by Gasteiger charge is 2.03. The molecule has 2 aromatic rings. The van der Waals surface area contributed by atoms with Crippen LogP contribution in [0.25, 0.3) is 0 Å². The molecule has 0 aliphatic carbocycles. The van der Waals surface area contributed by atoms with Crippen LogP contribution in [0.1, 0.15) is 18.6 Å². The van der Waals surface area contributed by atoms with Crippen molar-refractivity contribution in [2.45, 2.75) is 19.8 Å². The predicted molar refractivity (Wildman–Crippen MR) is 74.6 cm³/mol. The molecule has 19 heavy (non-hydrogen) atoms. The number of aryl methyl sites for hydroxylation is 2. The Morgan fingerprint density at radius 2 is 2.11 bits per heavy atom. The number of rotatable bonds is 6. The molecule has 2 heterocycles. The van der Waals surface area contributed by atoms with Gasteiger partial charge in [0.05, 0.1) is 0 Å². The number of nitrogens with zero attached hydrogens (tertiary/aromatic N) is 4. The molecule has 0 saturated heterocycles. The third-order valence-electron chi connectivity index (χ3n) is 2.81. The Kier molecular flexibility index (Phi) is 4.30. The van der Waals surface area contributed by atoms with Gasteiger partial charge in [-0.3, -0.25) is 0 Å². The molecule has 4 N–H and O–H groups in total. The molecule has 7 heteroatoms. The van der Waals surface area contributed by atoms with E-state index in [9.17, 15) is 0 Å². The Balaban J connectivity index is 1.97. The van der Waals surface area contributed by atoms with Crippen LogP contribution in [0.4, 0.5) is 11.6 Å². The molecule has 0 radical (unpaired) electrons. The van der Waals surface area contributed by atoms with Crippen LogP contribution in [0, 0.1) is 0 Å². The largest absolute Gasteiger partial charge is 0.369 e. The number of imidazole rings is 1. The first-order valence-electron chi connectivity index (χ1n) is 6.27. The van der Waals surface area contributed by atoms with Gasteiger partial charge in [-0.25, -0.2) is 20.8 Å². The third-order valence-corrected chi connectivity index (χ3v) is 2.81.